The molecule has 1 aromatic carbocycles. The van der Waals surface area contributed by atoms with E-state index in [4.69, 9.17) is 11.6 Å². The average molecular weight is 246 g/mol. The van der Waals surface area contributed by atoms with E-state index in [0.29, 0.717) is 0 Å². The third-order valence-electron chi connectivity index (χ3n) is 1.85. The first-order valence-electron chi connectivity index (χ1n) is 4.75. The standard InChI is InChI=1S/C11H13ClFNO2/c1-11(2,16)6-14-10(15)8-5-7(12)3-4-9(8)13/h3-5,16H,6H2,1-2H3,(H,14,15). The maximum atomic E-state index is 13.3. The highest BCUT2D eigenvalue weighted by molar-refractivity contribution is 6.30. The molecule has 1 aromatic rings. The molecule has 0 radical (unpaired) electrons. The van der Waals surface area contributed by atoms with Crippen molar-refractivity contribution in [2.24, 2.45) is 0 Å². The molecular formula is C11H13ClFNO2. The average Bonchev–Trinajstić information content (AvgIpc) is 2.17. The van der Waals surface area contributed by atoms with E-state index >= 15 is 0 Å². The first-order chi connectivity index (χ1) is 7.29. The number of nitrogens with one attached hydrogen (secondary N) is 1. The summed E-state index contributed by atoms with van der Waals surface area (Å²) in [4.78, 5) is 11.5. The summed E-state index contributed by atoms with van der Waals surface area (Å²) in [7, 11) is 0. The van der Waals surface area contributed by atoms with Crippen LogP contribution in [0.2, 0.25) is 5.02 Å². The minimum absolute atomic E-state index is 0.0395. The highest BCUT2D eigenvalue weighted by Crippen LogP contribution is 2.14. The van der Waals surface area contributed by atoms with Crippen LogP contribution < -0.4 is 5.32 Å². The summed E-state index contributed by atoms with van der Waals surface area (Å²) in [5.74, 6) is -1.24. The highest BCUT2D eigenvalue weighted by Gasteiger charge is 2.17. The molecule has 0 atom stereocenters. The topological polar surface area (TPSA) is 49.3 Å². The van der Waals surface area contributed by atoms with Gasteiger partial charge in [0.2, 0.25) is 0 Å². The molecule has 0 aliphatic rings. The fraction of sp³-hybridized carbons (Fsp3) is 0.364. The predicted octanol–water partition coefficient (Wildman–Crippen LogP) is 1.98. The van der Waals surface area contributed by atoms with Crippen molar-refractivity contribution in [2.75, 3.05) is 6.54 Å². The van der Waals surface area contributed by atoms with Crippen LogP contribution in [0.15, 0.2) is 18.2 Å². The Labute approximate surface area is 98.2 Å². The van der Waals surface area contributed by atoms with Crippen LogP contribution in [-0.2, 0) is 0 Å². The lowest BCUT2D eigenvalue weighted by Gasteiger charge is -2.17. The molecule has 0 saturated heterocycles. The van der Waals surface area contributed by atoms with Crippen LogP contribution in [0.3, 0.4) is 0 Å². The number of hydrogen-bond donors (Lipinski definition) is 2. The van der Waals surface area contributed by atoms with E-state index in [0.717, 1.165) is 6.07 Å². The number of halogens is 2. The molecule has 0 saturated carbocycles. The van der Waals surface area contributed by atoms with E-state index in [1.165, 1.54) is 12.1 Å². The molecule has 1 rings (SSSR count). The monoisotopic (exact) mass is 245 g/mol. The van der Waals surface area contributed by atoms with Crippen molar-refractivity contribution < 1.29 is 14.3 Å². The molecule has 88 valence electrons. The molecule has 5 heteroatoms. The largest absolute Gasteiger partial charge is 0.389 e. The third kappa shape index (κ3) is 3.79. The van der Waals surface area contributed by atoms with Gasteiger partial charge in [-0.05, 0) is 32.0 Å². The molecule has 3 nitrogen and oxygen atoms in total. The summed E-state index contributed by atoms with van der Waals surface area (Å²) in [6.07, 6.45) is 0. The van der Waals surface area contributed by atoms with Crippen molar-refractivity contribution in [2.45, 2.75) is 19.4 Å². The number of benzene rings is 1. The lowest BCUT2D eigenvalue weighted by atomic mass is 10.1. The van der Waals surface area contributed by atoms with E-state index < -0.39 is 17.3 Å². The second-order valence-corrected chi connectivity index (χ2v) is 4.56. The highest BCUT2D eigenvalue weighted by atomic mass is 35.5. The molecular weight excluding hydrogens is 233 g/mol. The van der Waals surface area contributed by atoms with Crippen molar-refractivity contribution in [3.05, 3.63) is 34.6 Å². The molecule has 0 aliphatic carbocycles. The van der Waals surface area contributed by atoms with Gasteiger partial charge in [0.25, 0.3) is 5.91 Å². The molecule has 0 aromatic heterocycles. The van der Waals surface area contributed by atoms with Gasteiger partial charge in [-0.1, -0.05) is 11.6 Å². The van der Waals surface area contributed by atoms with Gasteiger partial charge in [0, 0.05) is 11.6 Å². The van der Waals surface area contributed by atoms with Crippen LogP contribution in [0.25, 0.3) is 0 Å². The Kier molecular flexibility index (Phi) is 3.88. The van der Waals surface area contributed by atoms with Gasteiger partial charge in [-0.25, -0.2) is 4.39 Å². The third-order valence-corrected chi connectivity index (χ3v) is 2.09. The number of carbonyl (C=O) groups is 1. The predicted molar refractivity (Wildman–Crippen MR) is 60.0 cm³/mol. The summed E-state index contributed by atoms with van der Waals surface area (Å²) < 4.78 is 13.3. The van der Waals surface area contributed by atoms with Crippen LogP contribution >= 0.6 is 11.6 Å². The Bertz CT molecular complexity index is 401. The van der Waals surface area contributed by atoms with Crippen LogP contribution in [0, 0.1) is 5.82 Å². The maximum absolute atomic E-state index is 13.3. The normalized spacial score (nSPS) is 11.3. The van der Waals surface area contributed by atoms with E-state index in [-0.39, 0.29) is 17.1 Å². The summed E-state index contributed by atoms with van der Waals surface area (Å²) >= 11 is 5.65. The molecule has 0 fully saturated rings. The zero-order chi connectivity index (χ0) is 12.3. The van der Waals surface area contributed by atoms with E-state index in [2.05, 4.69) is 5.32 Å². The zero-order valence-electron chi connectivity index (χ0n) is 9.05. The molecule has 2 N–H and O–H groups in total. The number of rotatable bonds is 3. The minimum Gasteiger partial charge on any atom is -0.389 e. The number of amides is 1. The maximum Gasteiger partial charge on any atom is 0.254 e. The fourth-order valence-corrected chi connectivity index (χ4v) is 1.24. The second kappa shape index (κ2) is 4.80. The molecule has 16 heavy (non-hydrogen) atoms. The summed E-state index contributed by atoms with van der Waals surface area (Å²) in [5.41, 5.74) is -1.17. The second-order valence-electron chi connectivity index (χ2n) is 4.12. The SMILES string of the molecule is CC(C)(O)CNC(=O)c1cc(Cl)ccc1F. The number of carbonyl (C=O) groups excluding carboxylic acids is 1. The van der Waals surface area contributed by atoms with E-state index in [9.17, 15) is 14.3 Å². The van der Waals surface area contributed by atoms with Crippen molar-refractivity contribution >= 4 is 17.5 Å². The summed E-state index contributed by atoms with van der Waals surface area (Å²) in [6, 6.07) is 3.74. The zero-order valence-corrected chi connectivity index (χ0v) is 9.81. The smallest absolute Gasteiger partial charge is 0.254 e. The number of aliphatic hydroxyl groups is 1. The number of hydrogen-bond acceptors (Lipinski definition) is 2. The van der Waals surface area contributed by atoms with Crippen molar-refractivity contribution in [3.8, 4) is 0 Å². The van der Waals surface area contributed by atoms with Crippen molar-refractivity contribution in [1.29, 1.82) is 0 Å². The Morgan fingerprint density at radius 2 is 2.19 bits per heavy atom. The molecule has 0 unspecified atom stereocenters. The van der Waals surface area contributed by atoms with Crippen LogP contribution in [0.1, 0.15) is 24.2 Å². The van der Waals surface area contributed by atoms with Gasteiger partial charge >= 0.3 is 0 Å². The van der Waals surface area contributed by atoms with Gasteiger partial charge in [-0.3, -0.25) is 4.79 Å². The van der Waals surface area contributed by atoms with Gasteiger partial charge in [0.15, 0.2) is 0 Å². The van der Waals surface area contributed by atoms with Crippen LogP contribution in [0.4, 0.5) is 4.39 Å². The van der Waals surface area contributed by atoms with E-state index in [1.807, 2.05) is 0 Å². The summed E-state index contributed by atoms with van der Waals surface area (Å²) in [6.45, 7) is 3.13. The van der Waals surface area contributed by atoms with Crippen LogP contribution in [0.5, 0.6) is 0 Å². The minimum atomic E-state index is -1.04. The molecule has 0 bridgehead atoms. The lowest BCUT2D eigenvalue weighted by molar-refractivity contribution is 0.0692. The molecule has 1 amide bonds. The fourth-order valence-electron chi connectivity index (χ4n) is 1.06. The lowest BCUT2D eigenvalue weighted by Crippen LogP contribution is -2.38. The Morgan fingerprint density at radius 3 is 2.75 bits per heavy atom. The van der Waals surface area contributed by atoms with Gasteiger partial charge < -0.3 is 10.4 Å². The van der Waals surface area contributed by atoms with Crippen molar-refractivity contribution in [3.63, 3.8) is 0 Å². The van der Waals surface area contributed by atoms with Gasteiger partial charge in [-0.15, -0.1) is 0 Å². The van der Waals surface area contributed by atoms with Gasteiger partial charge in [0.1, 0.15) is 5.82 Å². The molecule has 0 aliphatic heterocycles. The van der Waals surface area contributed by atoms with Crippen LogP contribution in [-0.4, -0.2) is 23.2 Å². The summed E-state index contributed by atoms with van der Waals surface area (Å²) in [5, 5.41) is 12.1. The first kappa shape index (κ1) is 12.9. The molecule has 0 heterocycles. The quantitative estimate of drug-likeness (QED) is 0.856. The van der Waals surface area contributed by atoms with Gasteiger partial charge in [0.05, 0.1) is 11.2 Å². The van der Waals surface area contributed by atoms with Gasteiger partial charge in [-0.2, -0.15) is 0 Å². The van der Waals surface area contributed by atoms with E-state index in [1.54, 1.807) is 13.8 Å². The Morgan fingerprint density at radius 1 is 1.56 bits per heavy atom. The Balaban J connectivity index is 2.77. The molecule has 0 spiro atoms. The Hall–Kier alpha value is -1.13. The first-order valence-corrected chi connectivity index (χ1v) is 5.13. The van der Waals surface area contributed by atoms with Crippen molar-refractivity contribution in [1.82, 2.24) is 5.32 Å².